The number of hydrogen-bond donors (Lipinski definition) is 0. The van der Waals surface area contributed by atoms with E-state index >= 15 is 0 Å². The molecule has 0 N–H and O–H groups in total. The van der Waals surface area contributed by atoms with Gasteiger partial charge >= 0.3 is 6.72 Å². The maximum Gasteiger partial charge on any atom is 0.381 e. The topological polar surface area (TPSA) is 65.9 Å². The van der Waals surface area contributed by atoms with Crippen LogP contribution in [0.1, 0.15) is 19.5 Å². The predicted molar refractivity (Wildman–Crippen MR) is 80.3 cm³/mol. The maximum absolute atomic E-state index is 5.65. The monoisotopic (exact) mass is 321 g/mol. The molecule has 0 saturated carbocycles. The number of hydrogen-bond acceptors (Lipinski definition) is 8. The molecule has 0 aliphatic rings. The predicted octanol–water partition coefficient (Wildman–Crippen LogP) is 2.46. The lowest BCUT2D eigenvalue weighted by atomic mass is 10.4. The van der Waals surface area contributed by atoms with Crippen molar-refractivity contribution < 1.29 is 18.4 Å². The van der Waals surface area contributed by atoms with Crippen molar-refractivity contribution in [3.8, 4) is 5.88 Å². The molecule has 0 spiro atoms. The van der Waals surface area contributed by atoms with E-state index in [0.29, 0.717) is 25.0 Å². The van der Waals surface area contributed by atoms with Gasteiger partial charge in [-0.05, 0) is 20.8 Å². The summed E-state index contributed by atoms with van der Waals surface area (Å²) in [6, 6.07) is 1.67. The van der Waals surface area contributed by atoms with Crippen LogP contribution in [0, 0.1) is 6.92 Å². The molecule has 0 fully saturated rings. The minimum absolute atomic E-state index is 0.307. The summed E-state index contributed by atoms with van der Waals surface area (Å²) < 4.78 is 16.5. The minimum Gasteiger partial charge on any atom is -0.405 e. The van der Waals surface area contributed by atoms with Crippen molar-refractivity contribution in [2.45, 2.75) is 20.8 Å². The maximum atomic E-state index is 5.65. The molecule has 0 radical (unpaired) electrons. The molecular formula is C11H20N3O4PS. The molecule has 0 aromatic carbocycles. The van der Waals surface area contributed by atoms with E-state index in [4.69, 9.17) is 30.2 Å². The summed E-state index contributed by atoms with van der Waals surface area (Å²) in [5.41, 5.74) is 0.725. The molecule has 1 aromatic heterocycles. The van der Waals surface area contributed by atoms with Crippen molar-refractivity contribution in [1.29, 1.82) is 0 Å². The molecule has 1 aromatic rings. The molecule has 0 aliphatic carbocycles. The van der Waals surface area contributed by atoms with Crippen molar-refractivity contribution in [3.05, 3.63) is 11.8 Å². The van der Waals surface area contributed by atoms with E-state index < -0.39 is 6.72 Å². The van der Waals surface area contributed by atoms with Gasteiger partial charge in [0.05, 0.1) is 20.3 Å². The van der Waals surface area contributed by atoms with Gasteiger partial charge in [0.1, 0.15) is 0 Å². The quantitative estimate of drug-likeness (QED) is 0.534. The van der Waals surface area contributed by atoms with Gasteiger partial charge in [-0.3, -0.25) is 13.9 Å². The summed E-state index contributed by atoms with van der Waals surface area (Å²) in [6.07, 6.45) is 0. The van der Waals surface area contributed by atoms with Crippen molar-refractivity contribution in [2.75, 3.05) is 32.4 Å². The highest BCUT2D eigenvalue weighted by Gasteiger charge is 2.23. The summed E-state index contributed by atoms with van der Waals surface area (Å²) in [6.45, 7) is 3.47. The Morgan fingerprint density at radius 2 is 1.85 bits per heavy atom. The molecule has 114 valence electrons. The first-order chi connectivity index (χ1) is 9.44. The smallest absolute Gasteiger partial charge is 0.381 e. The van der Waals surface area contributed by atoms with E-state index in [2.05, 4.69) is 9.97 Å². The fraction of sp³-hybridized carbons (Fsp3) is 0.636. The van der Waals surface area contributed by atoms with Gasteiger partial charge in [0.2, 0.25) is 5.88 Å². The van der Waals surface area contributed by atoms with Crippen LogP contribution in [0.2, 0.25) is 0 Å². The largest absolute Gasteiger partial charge is 0.405 e. The summed E-state index contributed by atoms with van der Waals surface area (Å²) in [7, 11) is 3.22. The van der Waals surface area contributed by atoms with Crippen LogP contribution in [-0.4, -0.2) is 37.3 Å². The summed E-state index contributed by atoms with van der Waals surface area (Å²) >= 11 is 5.30. The number of aromatic nitrogens is 2. The number of hydroxylamine groups is 1. The van der Waals surface area contributed by atoms with Crippen LogP contribution < -0.4 is 9.59 Å². The molecule has 1 rings (SSSR count). The number of nitrogens with zero attached hydrogens (tertiary/aromatic N) is 3. The van der Waals surface area contributed by atoms with Crippen LogP contribution in [0.3, 0.4) is 0 Å². The third-order valence-corrected chi connectivity index (χ3v) is 4.57. The highest BCUT2D eigenvalue weighted by molar-refractivity contribution is 8.07. The third-order valence-electron chi connectivity index (χ3n) is 2.15. The number of aryl methyl sites for hydroxylation is 1. The Morgan fingerprint density at radius 3 is 2.35 bits per heavy atom. The molecule has 7 nitrogen and oxygen atoms in total. The van der Waals surface area contributed by atoms with Crippen LogP contribution in [0.5, 0.6) is 5.88 Å². The zero-order valence-electron chi connectivity index (χ0n) is 12.3. The van der Waals surface area contributed by atoms with Gasteiger partial charge in [0.25, 0.3) is 5.95 Å². The lowest BCUT2D eigenvalue weighted by Gasteiger charge is -2.21. The number of anilines is 1. The lowest BCUT2D eigenvalue weighted by molar-refractivity contribution is 0.179. The van der Waals surface area contributed by atoms with E-state index in [9.17, 15) is 0 Å². The van der Waals surface area contributed by atoms with Gasteiger partial charge in [-0.1, -0.05) is 0 Å². The van der Waals surface area contributed by atoms with E-state index in [1.54, 1.807) is 13.1 Å². The zero-order chi connectivity index (χ0) is 15.2. The second-order valence-corrected chi connectivity index (χ2v) is 6.64. The molecule has 1 heterocycles. The van der Waals surface area contributed by atoms with Gasteiger partial charge in [-0.15, -0.1) is 0 Å². The van der Waals surface area contributed by atoms with Gasteiger partial charge in [-0.2, -0.15) is 4.98 Å². The third kappa shape index (κ3) is 4.96. The molecule has 0 unspecified atom stereocenters. The van der Waals surface area contributed by atoms with Gasteiger partial charge in [0, 0.05) is 30.6 Å². The summed E-state index contributed by atoms with van der Waals surface area (Å²) in [5, 5.41) is 1.42. The zero-order valence-corrected chi connectivity index (χ0v) is 14.0. The molecule has 0 aliphatic heterocycles. The Hall–Kier alpha value is -0.790. The first-order valence-electron chi connectivity index (χ1n) is 6.16. The second kappa shape index (κ2) is 7.85. The van der Waals surface area contributed by atoms with E-state index in [0.717, 1.165) is 5.69 Å². The summed E-state index contributed by atoms with van der Waals surface area (Å²) in [5.74, 6) is 0.679. The normalized spacial score (nSPS) is 11.4. The molecular weight excluding hydrogens is 301 g/mol. The highest BCUT2D eigenvalue weighted by atomic mass is 32.5. The fourth-order valence-corrected chi connectivity index (χ4v) is 3.31. The Bertz CT molecular complexity index is 479. The van der Waals surface area contributed by atoms with E-state index in [-0.39, 0.29) is 0 Å². The second-order valence-electron chi connectivity index (χ2n) is 3.70. The van der Waals surface area contributed by atoms with E-state index in [1.165, 1.54) is 12.2 Å². The Morgan fingerprint density at radius 1 is 1.25 bits per heavy atom. The van der Waals surface area contributed by atoms with Crippen molar-refractivity contribution in [1.82, 2.24) is 9.97 Å². The first-order valence-corrected chi connectivity index (χ1v) is 8.72. The summed E-state index contributed by atoms with van der Waals surface area (Å²) in [4.78, 5) is 13.5. The fourth-order valence-electron chi connectivity index (χ4n) is 1.31. The van der Waals surface area contributed by atoms with Gasteiger partial charge < -0.3 is 4.52 Å². The molecule has 0 atom stereocenters. The van der Waals surface area contributed by atoms with Crippen molar-refractivity contribution in [3.63, 3.8) is 0 Å². The molecule has 0 saturated heterocycles. The molecule has 0 bridgehead atoms. The van der Waals surface area contributed by atoms with Gasteiger partial charge in [-0.25, -0.2) is 10.0 Å². The van der Waals surface area contributed by atoms with Gasteiger partial charge in [0.15, 0.2) is 0 Å². The van der Waals surface area contributed by atoms with Crippen LogP contribution in [0.4, 0.5) is 5.95 Å². The van der Waals surface area contributed by atoms with Crippen LogP contribution in [-0.2, 0) is 25.7 Å². The Kier molecular flexibility index (Phi) is 6.78. The van der Waals surface area contributed by atoms with Crippen molar-refractivity contribution in [2.24, 2.45) is 0 Å². The molecule has 9 heteroatoms. The minimum atomic E-state index is -2.84. The van der Waals surface area contributed by atoms with Crippen molar-refractivity contribution >= 4 is 24.5 Å². The average molecular weight is 321 g/mol. The van der Waals surface area contributed by atoms with Crippen LogP contribution in [0.25, 0.3) is 0 Å². The average Bonchev–Trinajstić information content (AvgIpc) is 2.37. The van der Waals surface area contributed by atoms with Crippen LogP contribution >= 0.6 is 6.72 Å². The molecule has 0 amide bonds. The van der Waals surface area contributed by atoms with Crippen LogP contribution in [0.15, 0.2) is 6.07 Å². The van der Waals surface area contributed by atoms with E-state index in [1.807, 2.05) is 20.8 Å². The molecule has 20 heavy (non-hydrogen) atoms. The lowest BCUT2D eigenvalue weighted by Crippen LogP contribution is -2.18. The SMILES string of the molecule is CCOP(=S)(OCC)Oc1cc(C)nc(N(C)OC)n1. The standard InChI is InChI=1S/C11H20N3O4PS/c1-6-16-19(20,17-7-2)18-10-8-9(3)12-11(13-10)14(4)15-5/h8H,6-7H2,1-5H3. The Labute approximate surface area is 124 Å². The first kappa shape index (κ1) is 17.3. The Balaban J connectivity index is 3.01. The number of rotatable bonds is 8. The highest BCUT2D eigenvalue weighted by Crippen LogP contribution is 2.49.